The van der Waals surface area contributed by atoms with Gasteiger partial charge in [0.1, 0.15) is 5.75 Å². The number of ether oxygens (including phenoxy) is 1. The molecule has 0 saturated heterocycles. The van der Waals surface area contributed by atoms with Gasteiger partial charge in [0.25, 0.3) is 0 Å². The first-order valence-electron chi connectivity index (χ1n) is 6.98. The Balaban J connectivity index is 2.83. The molecule has 0 N–H and O–H groups in total. The molecule has 0 heterocycles. The van der Waals surface area contributed by atoms with Gasteiger partial charge in [0.05, 0.1) is 6.26 Å². The molecule has 1 aromatic rings. The lowest BCUT2D eigenvalue weighted by atomic mass is 10.2. The van der Waals surface area contributed by atoms with E-state index in [0.29, 0.717) is 25.9 Å². The Morgan fingerprint density at radius 3 is 1.85 bits per heavy atom. The number of hydrogen-bond donors (Lipinski definition) is 0. The number of hydrogen-bond acceptors (Lipinski definition) is 4. The summed E-state index contributed by atoms with van der Waals surface area (Å²) in [6.45, 7) is 11.2. The lowest BCUT2D eigenvalue weighted by molar-refractivity contribution is 0.0704. The van der Waals surface area contributed by atoms with Crippen LogP contribution in [0, 0.1) is 0 Å². The van der Waals surface area contributed by atoms with E-state index in [1.54, 1.807) is 0 Å². The van der Waals surface area contributed by atoms with Gasteiger partial charge in [0.15, 0.2) is 0 Å². The van der Waals surface area contributed by atoms with Crippen LogP contribution in [0.5, 0.6) is 5.75 Å². The summed E-state index contributed by atoms with van der Waals surface area (Å²) in [5.41, 5.74) is 1.11. The quantitative estimate of drug-likeness (QED) is 0.490. The van der Waals surface area contributed by atoms with Crippen LogP contribution in [-0.2, 0) is 19.3 Å². The van der Waals surface area contributed by atoms with E-state index in [4.69, 9.17) is 18.0 Å². The molecule has 0 amide bonds. The lowest BCUT2D eigenvalue weighted by Gasteiger charge is -2.28. The van der Waals surface area contributed by atoms with Gasteiger partial charge in [-0.05, 0) is 38.5 Å². The molecule has 0 aliphatic carbocycles. The van der Waals surface area contributed by atoms with Crippen LogP contribution in [0.15, 0.2) is 37.1 Å². The zero-order chi connectivity index (χ0) is 14.8. The molecular formula is C15H24O4Si. The minimum absolute atomic E-state index is 0.587. The lowest BCUT2D eigenvalue weighted by Crippen LogP contribution is -2.48. The van der Waals surface area contributed by atoms with Crippen LogP contribution < -0.4 is 4.74 Å². The molecule has 0 bridgehead atoms. The Kier molecular flexibility index (Phi) is 7.54. The normalized spacial score (nSPS) is 11.3. The van der Waals surface area contributed by atoms with E-state index in [9.17, 15) is 0 Å². The van der Waals surface area contributed by atoms with Crippen LogP contribution in [0.25, 0.3) is 0 Å². The fourth-order valence-electron chi connectivity index (χ4n) is 1.97. The van der Waals surface area contributed by atoms with Gasteiger partial charge < -0.3 is 18.0 Å². The second kappa shape index (κ2) is 8.92. The highest BCUT2D eigenvalue weighted by atomic mass is 28.4. The van der Waals surface area contributed by atoms with Gasteiger partial charge in [0.2, 0.25) is 0 Å². The Hall–Kier alpha value is -1.14. The fourth-order valence-corrected chi connectivity index (χ4v) is 4.58. The fraction of sp³-hybridized carbons (Fsp3) is 0.467. The molecule has 1 aromatic carbocycles. The second-order valence-electron chi connectivity index (χ2n) is 4.09. The molecule has 0 spiro atoms. The Morgan fingerprint density at radius 1 is 0.950 bits per heavy atom. The summed E-state index contributed by atoms with van der Waals surface area (Å²) in [6.07, 6.45) is 1.41. The molecule has 20 heavy (non-hydrogen) atoms. The summed E-state index contributed by atoms with van der Waals surface area (Å²) < 4.78 is 22.7. The highest BCUT2D eigenvalue weighted by Gasteiger charge is 2.40. The van der Waals surface area contributed by atoms with Crippen molar-refractivity contribution >= 4 is 8.80 Å². The van der Waals surface area contributed by atoms with Crippen LogP contribution in [0.1, 0.15) is 26.3 Å². The number of benzene rings is 1. The van der Waals surface area contributed by atoms with Crippen molar-refractivity contribution in [3.8, 4) is 5.75 Å². The largest absolute Gasteiger partial charge is 0.505 e. The van der Waals surface area contributed by atoms with E-state index < -0.39 is 8.80 Å². The molecular weight excluding hydrogens is 272 g/mol. The summed E-state index contributed by atoms with van der Waals surface area (Å²) in [5, 5.41) is 0. The first kappa shape index (κ1) is 16.9. The zero-order valence-electron chi connectivity index (χ0n) is 12.6. The van der Waals surface area contributed by atoms with E-state index in [2.05, 4.69) is 6.58 Å². The van der Waals surface area contributed by atoms with Gasteiger partial charge in [-0.15, -0.1) is 0 Å². The van der Waals surface area contributed by atoms with Gasteiger partial charge in [-0.1, -0.05) is 18.7 Å². The topological polar surface area (TPSA) is 36.9 Å². The van der Waals surface area contributed by atoms with Crippen molar-refractivity contribution in [3.63, 3.8) is 0 Å². The van der Waals surface area contributed by atoms with E-state index in [0.717, 1.165) is 11.3 Å². The van der Waals surface area contributed by atoms with Gasteiger partial charge in [-0.2, -0.15) is 0 Å². The molecule has 5 heteroatoms. The van der Waals surface area contributed by atoms with E-state index in [-0.39, 0.29) is 0 Å². The SMILES string of the molecule is C=COc1ccc(C[Si](OCC)(OCC)OCC)cc1. The minimum atomic E-state index is -2.63. The van der Waals surface area contributed by atoms with E-state index >= 15 is 0 Å². The van der Waals surface area contributed by atoms with Gasteiger partial charge in [-0.25, -0.2) is 0 Å². The van der Waals surface area contributed by atoms with Gasteiger partial charge in [-0.3, -0.25) is 0 Å². The first-order chi connectivity index (χ1) is 9.69. The van der Waals surface area contributed by atoms with Crippen LogP contribution >= 0.6 is 0 Å². The standard InChI is InChI=1S/C15H24O4Si/c1-5-16-15-11-9-14(10-12-15)13-20(17-6-2,18-7-3)19-8-4/h5,9-12H,1,6-8,13H2,2-4H3. The first-order valence-corrected chi connectivity index (χ1v) is 8.91. The molecule has 112 valence electrons. The third kappa shape index (κ3) is 5.09. The van der Waals surface area contributed by atoms with Gasteiger partial charge in [0, 0.05) is 25.9 Å². The summed E-state index contributed by atoms with van der Waals surface area (Å²) in [5.74, 6) is 0.764. The van der Waals surface area contributed by atoms with Crippen LogP contribution in [0.3, 0.4) is 0 Å². The molecule has 0 aliphatic heterocycles. The van der Waals surface area contributed by atoms with Crippen molar-refractivity contribution in [1.29, 1.82) is 0 Å². The van der Waals surface area contributed by atoms with E-state index in [1.807, 2.05) is 45.0 Å². The predicted molar refractivity (Wildman–Crippen MR) is 81.6 cm³/mol. The van der Waals surface area contributed by atoms with Crippen molar-refractivity contribution < 1.29 is 18.0 Å². The summed E-state index contributed by atoms with van der Waals surface area (Å²) in [7, 11) is -2.63. The molecule has 0 saturated carbocycles. The maximum absolute atomic E-state index is 5.84. The Labute approximate surface area is 122 Å². The Morgan fingerprint density at radius 2 is 1.45 bits per heavy atom. The molecule has 0 unspecified atom stereocenters. The second-order valence-corrected chi connectivity index (χ2v) is 6.67. The average molecular weight is 296 g/mol. The van der Waals surface area contributed by atoms with Crippen molar-refractivity contribution in [2.24, 2.45) is 0 Å². The smallest absolute Gasteiger partial charge is 0.466 e. The van der Waals surface area contributed by atoms with Crippen molar-refractivity contribution in [3.05, 3.63) is 42.7 Å². The molecule has 1 rings (SSSR count). The van der Waals surface area contributed by atoms with Crippen molar-refractivity contribution in [2.75, 3.05) is 19.8 Å². The molecule has 0 atom stereocenters. The molecule has 0 aromatic heterocycles. The Bertz CT molecular complexity index is 374. The van der Waals surface area contributed by atoms with Crippen molar-refractivity contribution in [2.45, 2.75) is 26.8 Å². The maximum Gasteiger partial charge on any atom is 0.505 e. The zero-order valence-corrected chi connectivity index (χ0v) is 13.6. The van der Waals surface area contributed by atoms with Crippen LogP contribution in [0.4, 0.5) is 0 Å². The highest BCUT2D eigenvalue weighted by Crippen LogP contribution is 2.19. The monoisotopic (exact) mass is 296 g/mol. The summed E-state index contributed by atoms with van der Waals surface area (Å²) in [6, 6.07) is 8.46. The number of rotatable bonds is 10. The third-order valence-electron chi connectivity index (χ3n) is 2.66. The third-order valence-corrected chi connectivity index (χ3v) is 5.68. The summed E-state index contributed by atoms with van der Waals surface area (Å²) in [4.78, 5) is 0. The highest BCUT2D eigenvalue weighted by molar-refractivity contribution is 6.60. The average Bonchev–Trinajstić information content (AvgIpc) is 2.42. The molecule has 0 aliphatic rings. The maximum atomic E-state index is 5.84. The molecule has 0 fully saturated rings. The predicted octanol–water partition coefficient (Wildman–Crippen LogP) is 3.34. The van der Waals surface area contributed by atoms with Crippen LogP contribution in [-0.4, -0.2) is 28.6 Å². The van der Waals surface area contributed by atoms with Crippen molar-refractivity contribution in [1.82, 2.24) is 0 Å². The molecule has 4 nitrogen and oxygen atoms in total. The molecule has 0 radical (unpaired) electrons. The van der Waals surface area contributed by atoms with Gasteiger partial charge >= 0.3 is 8.80 Å². The minimum Gasteiger partial charge on any atom is -0.466 e. The summed E-state index contributed by atoms with van der Waals surface area (Å²) >= 11 is 0. The van der Waals surface area contributed by atoms with Crippen LogP contribution in [0.2, 0.25) is 0 Å². The van der Waals surface area contributed by atoms with E-state index in [1.165, 1.54) is 6.26 Å².